The molecule has 1 heterocycles. The molecule has 13 heteroatoms. The molecule has 2 aromatic rings. The second kappa shape index (κ2) is 9.42. The summed E-state index contributed by atoms with van der Waals surface area (Å²) in [6.07, 6.45) is -1.93. The van der Waals surface area contributed by atoms with Gasteiger partial charge in [-0.2, -0.15) is 0 Å². The monoisotopic (exact) mass is 519 g/mol. The molecule has 2 N–H and O–H groups in total. The Bertz CT molecular complexity index is 1210. The van der Waals surface area contributed by atoms with Gasteiger partial charge in [0.2, 0.25) is 5.60 Å². The fraction of sp³-hybridized carbons (Fsp3) is 0.263. The third-order valence-corrected chi connectivity index (χ3v) is 4.72. The molecule has 0 fully saturated rings. The van der Waals surface area contributed by atoms with E-state index < -0.39 is 52.4 Å². The van der Waals surface area contributed by atoms with E-state index in [4.69, 9.17) is 15.3 Å². The zero-order chi connectivity index (χ0) is 24.4. The van der Waals surface area contributed by atoms with Crippen molar-refractivity contribution in [3.05, 3.63) is 73.2 Å². The Morgan fingerprint density at radius 1 is 1.28 bits per heavy atom. The highest BCUT2D eigenvalue weighted by Gasteiger charge is 2.35. The molecule has 0 saturated heterocycles. The van der Waals surface area contributed by atoms with Gasteiger partial charge in [0.1, 0.15) is 18.1 Å². The van der Waals surface area contributed by atoms with Gasteiger partial charge in [-0.05, 0) is 41.9 Å². The van der Waals surface area contributed by atoms with Crippen LogP contribution in [0.4, 0.5) is 13.2 Å². The van der Waals surface area contributed by atoms with Crippen molar-refractivity contribution in [3.8, 4) is 5.69 Å². The quantitative estimate of drug-likeness (QED) is 0.338. The Balaban J connectivity index is 2.56. The highest BCUT2D eigenvalue weighted by atomic mass is 79.9. The van der Waals surface area contributed by atoms with Crippen LogP contribution in [0.2, 0.25) is 0 Å². The molecule has 9 nitrogen and oxygen atoms in total. The van der Waals surface area contributed by atoms with E-state index in [1.165, 1.54) is 19.9 Å². The van der Waals surface area contributed by atoms with Crippen LogP contribution in [-0.4, -0.2) is 33.4 Å². The lowest BCUT2D eigenvalue weighted by Crippen LogP contribution is -2.44. The number of rotatable bonds is 7. The van der Waals surface area contributed by atoms with Gasteiger partial charge in [0, 0.05) is 10.5 Å². The first kappa shape index (κ1) is 24.9. The van der Waals surface area contributed by atoms with Crippen LogP contribution in [0.3, 0.4) is 0 Å². The van der Waals surface area contributed by atoms with Gasteiger partial charge in [-0.15, -0.1) is 0 Å². The summed E-state index contributed by atoms with van der Waals surface area (Å²) in [5.74, 6) is 2.13. The van der Waals surface area contributed by atoms with Gasteiger partial charge in [-0.3, -0.25) is 4.79 Å². The van der Waals surface area contributed by atoms with E-state index in [1.54, 1.807) is 0 Å². The topological polar surface area (TPSA) is 123 Å². The molecule has 0 atom stereocenters. The average Bonchev–Trinajstić information content (AvgIpc) is 2.69. The Kier molecular flexibility index (Phi) is 7.34. The van der Waals surface area contributed by atoms with Crippen LogP contribution >= 0.6 is 15.9 Å². The Morgan fingerprint density at radius 2 is 1.91 bits per heavy atom. The maximum Gasteiger partial charge on any atom is 0.354 e. The number of ether oxygens (including phenoxy) is 2. The number of nitrogens with two attached hydrogens (primary N) is 1. The van der Waals surface area contributed by atoms with Gasteiger partial charge in [-0.1, -0.05) is 12.7 Å². The lowest BCUT2D eigenvalue weighted by molar-refractivity contribution is -0.161. The van der Waals surface area contributed by atoms with Crippen molar-refractivity contribution < 1.29 is 32.2 Å². The van der Waals surface area contributed by atoms with E-state index in [-0.39, 0.29) is 25.9 Å². The summed E-state index contributed by atoms with van der Waals surface area (Å²) in [5.41, 5.74) is -6.73. The van der Waals surface area contributed by atoms with Gasteiger partial charge >= 0.3 is 17.6 Å². The Morgan fingerprint density at radius 3 is 2.47 bits per heavy atom. The summed E-state index contributed by atoms with van der Waals surface area (Å²) in [7, 11) is 0. The fourth-order valence-electron chi connectivity index (χ4n) is 2.47. The molecule has 0 radical (unpaired) electrons. The van der Waals surface area contributed by atoms with Gasteiger partial charge in [-0.25, -0.2) is 36.8 Å². The molecular weight excluding hydrogens is 503 g/mol. The molecule has 0 aliphatic rings. The second-order valence-corrected chi connectivity index (χ2v) is 7.62. The van der Waals surface area contributed by atoms with E-state index in [2.05, 4.69) is 22.5 Å². The fourth-order valence-corrected chi connectivity index (χ4v) is 2.94. The summed E-state index contributed by atoms with van der Waals surface area (Å²) < 4.78 is 50.5. The van der Waals surface area contributed by atoms with E-state index in [1.807, 2.05) is 0 Å². The van der Waals surface area contributed by atoms with Gasteiger partial charge in [0.25, 0.3) is 12.0 Å². The third kappa shape index (κ3) is 4.93. The average molecular weight is 520 g/mol. The van der Waals surface area contributed by atoms with Crippen molar-refractivity contribution in [1.82, 2.24) is 9.24 Å². The normalized spacial score (nSPS) is 11.3. The van der Waals surface area contributed by atoms with Crippen molar-refractivity contribution in [2.75, 3.05) is 12.4 Å². The van der Waals surface area contributed by atoms with E-state index >= 15 is 0 Å². The van der Waals surface area contributed by atoms with Crippen LogP contribution in [-0.2, 0) is 14.3 Å². The molecule has 1 aromatic carbocycles. The maximum atomic E-state index is 14.6. The van der Waals surface area contributed by atoms with Gasteiger partial charge in [0.05, 0.1) is 11.3 Å². The van der Waals surface area contributed by atoms with Crippen LogP contribution in [0.15, 0.2) is 44.9 Å². The molecular formula is C19H17BrF3N3O6. The lowest BCUT2D eigenvalue weighted by Gasteiger charge is -2.23. The summed E-state index contributed by atoms with van der Waals surface area (Å²) in [6, 6.07) is 1.89. The SMILES string of the molecule is C=CCOC(=O)C(C)(C)OC(=O)c1cc(-n2c(=O)cc(C(F)F)n(N)c2=O)c(F)cc1Br. The predicted molar refractivity (Wildman–Crippen MR) is 110 cm³/mol. The van der Waals surface area contributed by atoms with Crippen molar-refractivity contribution in [1.29, 1.82) is 0 Å². The number of esters is 2. The highest BCUT2D eigenvalue weighted by Crippen LogP contribution is 2.26. The van der Waals surface area contributed by atoms with Crippen LogP contribution in [0.1, 0.15) is 36.3 Å². The van der Waals surface area contributed by atoms with E-state index in [9.17, 15) is 32.3 Å². The molecule has 1 aromatic heterocycles. The number of halogens is 4. The molecule has 32 heavy (non-hydrogen) atoms. The van der Waals surface area contributed by atoms with Crippen LogP contribution in [0, 0.1) is 5.82 Å². The largest absolute Gasteiger partial charge is 0.459 e. The minimum absolute atomic E-state index is 0.00965. The molecule has 172 valence electrons. The number of alkyl halides is 2. The summed E-state index contributed by atoms with van der Waals surface area (Å²) >= 11 is 2.96. The smallest absolute Gasteiger partial charge is 0.354 e. The number of nitrogen functional groups attached to an aromatic ring is 1. The number of carbonyl (C=O) groups excluding carboxylic acids is 2. The zero-order valence-electron chi connectivity index (χ0n) is 16.7. The number of hydrogen-bond acceptors (Lipinski definition) is 7. The molecule has 0 aliphatic carbocycles. The third-order valence-electron chi connectivity index (χ3n) is 4.06. The van der Waals surface area contributed by atoms with Gasteiger partial charge in [0.15, 0.2) is 0 Å². The molecule has 0 amide bonds. The summed E-state index contributed by atoms with van der Waals surface area (Å²) in [4.78, 5) is 49.3. The maximum absolute atomic E-state index is 14.6. The van der Waals surface area contributed by atoms with Crippen molar-refractivity contribution in [2.24, 2.45) is 0 Å². The minimum Gasteiger partial charge on any atom is -0.459 e. The number of aromatic nitrogens is 2. The van der Waals surface area contributed by atoms with Crippen LogP contribution < -0.4 is 17.1 Å². The first-order valence-electron chi connectivity index (χ1n) is 8.75. The van der Waals surface area contributed by atoms with Crippen molar-refractivity contribution >= 4 is 27.9 Å². The molecule has 0 unspecified atom stereocenters. The summed E-state index contributed by atoms with van der Waals surface area (Å²) in [5, 5.41) is 0. The minimum atomic E-state index is -3.24. The molecule has 0 aliphatic heterocycles. The van der Waals surface area contributed by atoms with Crippen LogP contribution in [0.5, 0.6) is 0 Å². The van der Waals surface area contributed by atoms with Crippen molar-refractivity contribution in [2.45, 2.75) is 25.9 Å². The number of hydrogen-bond donors (Lipinski definition) is 1. The van der Waals surface area contributed by atoms with E-state index in [0.29, 0.717) is 6.07 Å². The van der Waals surface area contributed by atoms with E-state index in [0.717, 1.165) is 12.1 Å². The predicted octanol–water partition coefficient (Wildman–Crippen LogP) is 2.22. The Labute approximate surface area is 186 Å². The summed E-state index contributed by atoms with van der Waals surface area (Å²) in [6.45, 7) is 5.74. The lowest BCUT2D eigenvalue weighted by atomic mass is 10.1. The molecule has 0 spiro atoms. The highest BCUT2D eigenvalue weighted by molar-refractivity contribution is 9.10. The Hall–Kier alpha value is -3.35. The standard InChI is InChI=1S/C19H17BrF3N3O6/c1-4-5-31-17(29)19(2,3)32-16(28)9-6-12(11(21)7-10(9)20)25-14(27)8-13(15(22)23)26(24)18(25)30/h4,6-8,15H,1,5,24H2,2-3H3. The van der Waals surface area contributed by atoms with Crippen molar-refractivity contribution in [3.63, 3.8) is 0 Å². The number of carbonyl (C=O) groups is 2. The number of nitrogens with zero attached hydrogens (tertiary/aromatic N) is 2. The molecule has 0 bridgehead atoms. The molecule has 2 rings (SSSR count). The van der Waals surface area contributed by atoms with Crippen LogP contribution in [0.25, 0.3) is 5.69 Å². The first-order chi connectivity index (χ1) is 14.8. The first-order valence-corrected chi connectivity index (χ1v) is 9.54. The van der Waals surface area contributed by atoms with Gasteiger partial charge < -0.3 is 15.3 Å². The number of benzene rings is 1. The molecule has 0 saturated carbocycles. The second-order valence-electron chi connectivity index (χ2n) is 6.77. The zero-order valence-corrected chi connectivity index (χ0v) is 18.3.